The van der Waals surface area contributed by atoms with E-state index in [4.69, 9.17) is 5.21 Å². The third-order valence-electron chi connectivity index (χ3n) is 2.95. The lowest BCUT2D eigenvalue weighted by Crippen LogP contribution is -2.14. The summed E-state index contributed by atoms with van der Waals surface area (Å²) in [6.45, 7) is 0. The number of rotatable bonds is 6. The van der Waals surface area contributed by atoms with Gasteiger partial charge in [-0.1, -0.05) is 42.5 Å². The highest BCUT2D eigenvalue weighted by Crippen LogP contribution is 2.13. The Morgan fingerprint density at radius 3 is 2.17 bits per heavy atom. The van der Waals surface area contributed by atoms with Crippen LogP contribution in [0, 0.1) is 0 Å². The molecular weight excluding hydrogens is 328 g/mol. The van der Waals surface area contributed by atoms with Crippen molar-refractivity contribution in [3.05, 3.63) is 77.2 Å². The smallest absolute Gasteiger partial charge is 0.267 e. The van der Waals surface area contributed by atoms with Crippen molar-refractivity contribution in [2.24, 2.45) is 0 Å². The van der Waals surface area contributed by atoms with E-state index < -0.39 is 15.9 Å². The number of nitrogens with one attached hydrogen (secondary N) is 2. The topological polar surface area (TPSA) is 95.5 Å². The monoisotopic (exact) mass is 344 g/mol. The Morgan fingerprint density at radius 1 is 0.917 bits per heavy atom. The van der Waals surface area contributed by atoms with Gasteiger partial charge in [-0.15, -0.1) is 0 Å². The fourth-order valence-corrected chi connectivity index (χ4v) is 2.67. The zero-order chi connectivity index (χ0) is 17.4. The van der Waals surface area contributed by atoms with E-state index in [2.05, 4.69) is 4.72 Å². The molecule has 0 unspecified atom stereocenters. The average Bonchev–Trinajstić information content (AvgIpc) is 2.60. The van der Waals surface area contributed by atoms with Crippen LogP contribution in [0.4, 0.5) is 5.69 Å². The molecule has 0 fully saturated rings. The van der Waals surface area contributed by atoms with E-state index in [0.29, 0.717) is 11.3 Å². The first-order valence-corrected chi connectivity index (χ1v) is 8.51. The van der Waals surface area contributed by atoms with Gasteiger partial charge in [0.05, 0.1) is 5.41 Å². The summed E-state index contributed by atoms with van der Waals surface area (Å²) in [5, 5.41) is 9.48. The number of hydroxylamine groups is 1. The van der Waals surface area contributed by atoms with Crippen LogP contribution in [0.3, 0.4) is 0 Å². The molecule has 0 aromatic heterocycles. The summed E-state index contributed by atoms with van der Waals surface area (Å²) < 4.78 is 26.5. The number of anilines is 1. The molecule has 6 nitrogen and oxygen atoms in total. The van der Waals surface area contributed by atoms with E-state index in [9.17, 15) is 13.2 Å². The fourth-order valence-electron chi connectivity index (χ4n) is 1.80. The van der Waals surface area contributed by atoms with Crippen molar-refractivity contribution >= 4 is 33.8 Å². The van der Waals surface area contributed by atoms with Crippen LogP contribution in [0.5, 0.6) is 0 Å². The van der Waals surface area contributed by atoms with Crippen molar-refractivity contribution in [1.82, 2.24) is 5.48 Å². The molecule has 7 heteroatoms. The van der Waals surface area contributed by atoms with Crippen LogP contribution in [0.25, 0.3) is 12.2 Å². The molecule has 0 aliphatic rings. The Morgan fingerprint density at radius 2 is 1.54 bits per heavy atom. The standard InChI is InChI=1S/C17H16N2O4S/c20-17(18-21)11-8-15-6-9-16(10-7-15)19-24(22,23)13-12-14-4-2-1-3-5-14/h1-13,19,21H,(H,18,20)/b11-8+,13-12+. The minimum absolute atomic E-state index is 0.400. The van der Waals surface area contributed by atoms with Crippen LogP contribution < -0.4 is 10.2 Å². The number of hydrogen-bond acceptors (Lipinski definition) is 4. The maximum atomic E-state index is 12.0. The Balaban J connectivity index is 2.03. The Kier molecular flexibility index (Phi) is 5.89. The first kappa shape index (κ1) is 17.5. The van der Waals surface area contributed by atoms with Crippen molar-refractivity contribution in [3.8, 4) is 0 Å². The van der Waals surface area contributed by atoms with E-state index in [1.54, 1.807) is 36.4 Å². The molecule has 2 aromatic rings. The van der Waals surface area contributed by atoms with Gasteiger partial charge in [0.15, 0.2) is 0 Å². The normalized spacial score (nSPS) is 11.7. The SMILES string of the molecule is O=C(/C=C/c1ccc(NS(=O)(=O)/C=C/c2ccccc2)cc1)NO. The summed E-state index contributed by atoms with van der Waals surface area (Å²) in [6, 6.07) is 15.5. The van der Waals surface area contributed by atoms with E-state index in [1.165, 1.54) is 17.6 Å². The van der Waals surface area contributed by atoms with Gasteiger partial charge < -0.3 is 0 Å². The van der Waals surface area contributed by atoms with Crippen molar-refractivity contribution in [2.45, 2.75) is 0 Å². The predicted octanol–water partition coefficient (Wildman–Crippen LogP) is 2.62. The first-order valence-electron chi connectivity index (χ1n) is 6.97. The molecule has 0 radical (unpaired) electrons. The molecule has 2 aromatic carbocycles. The average molecular weight is 344 g/mol. The molecular formula is C17H16N2O4S. The molecule has 0 bridgehead atoms. The second-order valence-electron chi connectivity index (χ2n) is 4.79. The molecule has 2 rings (SSSR count). The van der Waals surface area contributed by atoms with Crippen LogP contribution >= 0.6 is 0 Å². The summed E-state index contributed by atoms with van der Waals surface area (Å²) in [7, 11) is -3.62. The highest BCUT2D eigenvalue weighted by molar-refractivity contribution is 7.95. The Hall–Kier alpha value is -2.90. The van der Waals surface area contributed by atoms with Crippen molar-refractivity contribution in [3.63, 3.8) is 0 Å². The van der Waals surface area contributed by atoms with Gasteiger partial charge in [0.1, 0.15) is 0 Å². The molecule has 0 spiro atoms. The number of amides is 1. The van der Waals surface area contributed by atoms with Gasteiger partial charge >= 0.3 is 0 Å². The fraction of sp³-hybridized carbons (Fsp3) is 0. The molecule has 0 atom stereocenters. The third-order valence-corrected chi connectivity index (χ3v) is 3.96. The van der Waals surface area contributed by atoms with Crippen molar-refractivity contribution in [1.29, 1.82) is 0 Å². The lowest BCUT2D eigenvalue weighted by Gasteiger charge is -2.04. The lowest BCUT2D eigenvalue weighted by molar-refractivity contribution is -0.124. The van der Waals surface area contributed by atoms with Crippen molar-refractivity contribution < 1.29 is 18.4 Å². The molecule has 24 heavy (non-hydrogen) atoms. The summed E-state index contributed by atoms with van der Waals surface area (Å²) in [5.74, 6) is -0.647. The first-order chi connectivity index (χ1) is 11.5. The van der Waals surface area contributed by atoms with Gasteiger partial charge in [-0.25, -0.2) is 13.9 Å². The van der Waals surface area contributed by atoms with Gasteiger partial charge in [-0.3, -0.25) is 14.7 Å². The van der Waals surface area contributed by atoms with Gasteiger partial charge in [0.25, 0.3) is 15.9 Å². The highest BCUT2D eigenvalue weighted by Gasteiger charge is 2.05. The quantitative estimate of drug-likeness (QED) is 0.426. The third kappa shape index (κ3) is 5.71. The van der Waals surface area contributed by atoms with Crippen molar-refractivity contribution in [2.75, 3.05) is 4.72 Å². The largest absolute Gasteiger partial charge is 0.288 e. The number of hydrogen-bond donors (Lipinski definition) is 3. The van der Waals surface area contributed by atoms with Gasteiger partial charge in [0.2, 0.25) is 0 Å². The Bertz CT molecular complexity index is 842. The highest BCUT2D eigenvalue weighted by atomic mass is 32.2. The molecule has 0 heterocycles. The maximum absolute atomic E-state index is 12.0. The van der Waals surface area contributed by atoms with E-state index >= 15 is 0 Å². The molecule has 3 N–H and O–H groups in total. The second kappa shape index (κ2) is 8.09. The molecule has 0 aliphatic carbocycles. The number of benzene rings is 2. The molecule has 1 amide bonds. The van der Waals surface area contributed by atoms with Crippen LogP contribution in [0.15, 0.2) is 66.1 Å². The van der Waals surface area contributed by atoms with Crippen LogP contribution in [0.2, 0.25) is 0 Å². The minimum Gasteiger partial charge on any atom is -0.288 e. The minimum atomic E-state index is -3.62. The van der Waals surface area contributed by atoms with Crippen LogP contribution in [-0.2, 0) is 14.8 Å². The molecule has 0 saturated carbocycles. The van der Waals surface area contributed by atoms with Crippen LogP contribution in [0.1, 0.15) is 11.1 Å². The number of sulfonamides is 1. The van der Waals surface area contributed by atoms with Gasteiger partial charge in [-0.05, 0) is 35.4 Å². The van der Waals surface area contributed by atoms with Gasteiger partial charge in [0, 0.05) is 11.8 Å². The van der Waals surface area contributed by atoms with Crippen LogP contribution in [-0.4, -0.2) is 19.5 Å². The lowest BCUT2D eigenvalue weighted by atomic mass is 10.2. The second-order valence-corrected chi connectivity index (χ2v) is 6.36. The summed E-state index contributed by atoms with van der Waals surface area (Å²) >= 11 is 0. The molecule has 0 saturated heterocycles. The zero-order valence-corrected chi connectivity index (χ0v) is 13.4. The van der Waals surface area contributed by atoms with E-state index in [1.807, 2.05) is 18.2 Å². The number of carbonyl (C=O) groups is 1. The summed E-state index contributed by atoms with van der Waals surface area (Å²) in [5.41, 5.74) is 3.34. The maximum Gasteiger partial charge on any atom is 0.267 e. The zero-order valence-electron chi connectivity index (χ0n) is 12.6. The van der Waals surface area contributed by atoms with E-state index in [0.717, 1.165) is 17.0 Å². The van der Waals surface area contributed by atoms with E-state index in [-0.39, 0.29) is 0 Å². The predicted molar refractivity (Wildman–Crippen MR) is 93.4 cm³/mol. The molecule has 0 aliphatic heterocycles. The summed E-state index contributed by atoms with van der Waals surface area (Å²) in [4.78, 5) is 10.9. The van der Waals surface area contributed by atoms with Gasteiger partial charge in [-0.2, -0.15) is 0 Å². The molecule has 124 valence electrons. The number of carbonyl (C=O) groups excluding carboxylic acids is 1. The summed E-state index contributed by atoms with van der Waals surface area (Å²) in [6.07, 6.45) is 4.15. The Labute approximate surface area is 140 Å².